The summed E-state index contributed by atoms with van der Waals surface area (Å²) in [6, 6.07) is 8.08. The summed E-state index contributed by atoms with van der Waals surface area (Å²) in [4.78, 5) is 24.6. The summed E-state index contributed by atoms with van der Waals surface area (Å²) >= 11 is 0. The van der Waals surface area contributed by atoms with Crippen LogP contribution in [-0.4, -0.2) is 46.5 Å². The second kappa shape index (κ2) is 8.37. The van der Waals surface area contributed by atoms with E-state index in [0.717, 1.165) is 36.2 Å². The average Bonchev–Trinajstić information content (AvgIpc) is 3.32. The molecule has 1 amide bonds. The minimum Gasteiger partial charge on any atom is -0.481 e. The minimum absolute atomic E-state index is 0.0254. The summed E-state index contributed by atoms with van der Waals surface area (Å²) in [5, 5.41) is 17.1. The molecule has 0 spiro atoms. The summed E-state index contributed by atoms with van der Waals surface area (Å²) in [7, 11) is 0. The van der Waals surface area contributed by atoms with E-state index < -0.39 is 11.9 Å². The maximum atomic E-state index is 12.9. The summed E-state index contributed by atoms with van der Waals surface area (Å²) in [6.07, 6.45) is 4.14. The van der Waals surface area contributed by atoms with Gasteiger partial charge >= 0.3 is 5.97 Å². The number of aryl methyl sites for hydroxylation is 1. The van der Waals surface area contributed by atoms with Crippen LogP contribution in [0.2, 0.25) is 0 Å². The molecule has 2 aliphatic rings. The molecule has 1 unspecified atom stereocenters. The van der Waals surface area contributed by atoms with Gasteiger partial charge in [-0.3, -0.25) is 9.59 Å². The first-order valence-corrected chi connectivity index (χ1v) is 10.3. The monoisotopic (exact) mass is 397 g/mol. The maximum absolute atomic E-state index is 12.9. The van der Waals surface area contributed by atoms with E-state index in [4.69, 9.17) is 4.74 Å². The number of carbonyl (C=O) groups is 2. The number of fused-ring (bicyclic) bond motifs is 1. The van der Waals surface area contributed by atoms with Crippen LogP contribution in [0.4, 0.5) is 0 Å². The number of carboxylic acids is 1. The molecule has 1 aromatic heterocycles. The number of benzene rings is 1. The third-order valence-corrected chi connectivity index (χ3v) is 6.06. The van der Waals surface area contributed by atoms with Crippen molar-refractivity contribution in [2.24, 2.45) is 11.8 Å². The predicted octanol–water partition coefficient (Wildman–Crippen LogP) is 2.53. The zero-order valence-electron chi connectivity index (χ0n) is 16.7. The van der Waals surface area contributed by atoms with Crippen LogP contribution in [0.25, 0.3) is 5.69 Å². The fraction of sp³-hybridized carbons (Fsp3) is 0.500. The topological polar surface area (TPSA) is 93.5 Å². The summed E-state index contributed by atoms with van der Waals surface area (Å²) in [5.41, 5.74) is 4.61. The molecule has 1 fully saturated rings. The predicted molar refractivity (Wildman–Crippen MR) is 107 cm³/mol. The van der Waals surface area contributed by atoms with Gasteiger partial charge in [0, 0.05) is 31.0 Å². The van der Waals surface area contributed by atoms with Crippen LogP contribution in [0.15, 0.2) is 24.3 Å². The molecule has 4 rings (SSSR count). The first kappa shape index (κ1) is 19.6. The average molecular weight is 397 g/mol. The van der Waals surface area contributed by atoms with Crippen molar-refractivity contribution in [3.8, 4) is 5.69 Å². The first-order valence-electron chi connectivity index (χ1n) is 10.3. The van der Waals surface area contributed by atoms with Gasteiger partial charge in [0.25, 0.3) is 5.91 Å². The van der Waals surface area contributed by atoms with E-state index in [1.807, 2.05) is 35.9 Å². The Bertz CT molecular complexity index is 898. The molecule has 7 heteroatoms. The highest BCUT2D eigenvalue weighted by Crippen LogP contribution is 2.28. The maximum Gasteiger partial charge on any atom is 0.308 e. The Hall–Kier alpha value is -2.67. The fourth-order valence-corrected chi connectivity index (χ4v) is 4.38. The number of hydrogen-bond donors (Lipinski definition) is 2. The molecule has 7 nitrogen and oxygen atoms in total. The van der Waals surface area contributed by atoms with Crippen LogP contribution in [0.5, 0.6) is 0 Å². The second-order valence-corrected chi connectivity index (χ2v) is 7.98. The van der Waals surface area contributed by atoms with Crippen LogP contribution in [0.3, 0.4) is 0 Å². The molecule has 1 aliphatic carbocycles. The molecule has 1 saturated heterocycles. The van der Waals surface area contributed by atoms with E-state index >= 15 is 0 Å². The van der Waals surface area contributed by atoms with Crippen LogP contribution in [-0.2, 0) is 22.4 Å². The Balaban J connectivity index is 1.52. The second-order valence-electron chi connectivity index (χ2n) is 7.98. The normalized spacial score (nSPS) is 17.7. The molecule has 154 valence electrons. The number of aliphatic carboxylic acids is 1. The lowest BCUT2D eigenvalue weighted by molar-refractivity contribution is -0.144. The Morgan fingerprint density at radius 2 is 1.97 bits per heavy atom. The van der Waals surface area contributed by atoms with Crippen molar-refractivity contribution < 1.29 is 19.4 Å². The lowest BCUT2D eigenvalue weighted by Gasteiger charge is -2.27. The Morgan fingerprint density at radius 3 is 2.66 bits per heavy atom. The van der Waals surface area contributed by atoms with Gasteiger partial charge in [-0.2, -0.15) is 5.10 Å². The Kier molecular flexibility index (Phi) is 5.67. The molecule has 1 atom stereocenters. The Labute approximate surface area is 170 Å². The summed E-state index contributed by atoms with van der Waals surface area (Å²) < 4.78 is 7.20. The first-order chi connectivity index (χ1) is 14.0. The van der Waals surface area contributed by atoms with Gasteiger partial charge in [0.05, 0.1) is 11.6 Å². The number of ether oxygens (including phenoxy) is 1. The van der Waals surface area contributed by atoms with Crippen LogP contribution in [0.1, 0.15) is 46.6 Å². The number of amides is 1. The molecule has 2 heterocycles. The van der Waals surface area contributed by atoms with E-state index in [1.165, 1.54) is 5.56 Å². The smallest absolute Gasteiger partial charge is 0.308 e. The molecule has 2 aromatic rings. The fourth-order valence-electron chi connectivity index (χ4n) is 4.38. The third-order valence-electron chi connectivity index (χ3n) is 6.06. The number of nitrogens with zero attached hydrogens (tertiary/aromatic N) is 2. The molecule has 1 aromatic carbocycles. The summed E-state index contributed by atoms with van der Waals surface area (Å²) in [6.45, 7) is 3.31. The highest BCUT2D eigenvalue weighted by atomic mass is 16.5. The quantitative estimate of drug-likeness (QED) is 0.781. The molecule has 0 bridgehead atoms. The number of nitrogens with one attached hydrogen (secondary N) is 1. The largest absolute Gasteiger partial charge is 0.481 e. The highest BCUT2D eigenvalue weighted by Gasteiger charge is 2.32. The SMILES string of the molecule is Cc1ccc(-n2nc(C(=O)NCC(C(=O)O)C3CCOCC3)c3c2CCC3)cc1. The third kappa shape index (κ3) is 4.05. The molecular weight excluding hydrogens is 370 g/mol. The van der Waals surface area contributed by atoms with E-state index in [0.29, 0.717) is 31.7 Å². The zero-order chi connectivity index (χ0) is 20.4. The number of carbonyl (C=O) groups excluding carboxylic acids is 1. The van der Waals surface area contributed by atoms with Gasteiger partial charge in [-0.05, 0) is 57.1 Å². The van der Waals surface area contributed by atoms with E-state index in [1.54, 1.807) is 0 Å². The van der Waals surface area contributed by atoms with Crippen molar-refractivity contribution in [1.82, 2.24) is 15.1 Å². The number of aromatic nitrogens is 2. The van der Waals surface area contributed by atoms with Gasteiger partial charge in [-0.25, -0.2) is 4.68 Å². The highest BCUT2D eigenvalue weighted by molar-refractivity contribution is 5.94. The van der Waals surface area contributed by atoms with Crippen LogP contribution < -0.4 is 5.32 Å². The van der Waals surface area contributed by atoms with Crippen molar-refractivity contribution in [3.05, 3.63) is 46.8 Å². The van der Waals surface area contributed by atoms with Gasteiger partial charge in [-0.15, -0.1) is 0 Å². The zero-order valence-corrected chi connectivity index (χ0v) is 16.7. The standard InChI is InChI=1S/C22H27N3O4/c1-14-5-7-16(8-6-14)25-19-4-2-3-17(19)20(24-25)21(26)23-13-18(22(27)28)15-9-11-29-12-10-15/h5-8,15,18H,2-4,9-13H2,1H3,(H,23,26)(H,27,28). The number of hydrogen-bond acceptors (Lipinski definition) is 4. The minimum atomic E-state index is -0.868. The number of rotatable bonds is 6. The van der Waals surface area contributed by atoms with Crippen LogP contribution in [0, 0.1) is 18.8 Å². The van der Waals surface area contributed by atoms with Gasteiger partial charge in [0.2, 0.25) is 0 Å². The van der Waals surface area contributed by atoms with Gasteiger partial charge in [0.15, 0.2) is 5.69 Å². The molecule has 1 aliphatic heterocycles. The summed E-state index contributed by atoms with van der Waals surface area (Å²) in [5.74, 6) is -1.73. The molecule has 29 heavy (non-hydrogen) atoms. The van der Waals surface area contributed by atoms with Gasteiger partial charge in [-0.1, -0.05) is 17.7 Å². The van der Waals surface area contributed by atoms with Gasteiger partial charge < -0.3 is 15.2 Å². The van der Waals surface area contributed by atoms with Crippen molar-refractivity contribution in [1.29, 1.82) is 0 Å². The van der Waals surface area contributed by atoms with E-state index in [2.05, 4.69) is 10.4 Å². The van der Waals surface area contributed by atoms with Gasteiger partial charge in [0.1, 0.15) is 0 Å². The lowest BCUT2D eigenvalue weighted by Crippen LogP contribution is -2.39. The Morgan fingerprint density at radius 1 is 1.24 bits per heavy atom. The molecule has 2 N–H and O–H groups in total. The van der Waals surface area contributed by atoms with Crippen molar-refractivity contribution in [2.45, 2.75) is 39.0 Å². The molecule has 0 saturated carbocycles. The van der Waals surface area contributed by atoms with Crippen molar-refractivity contribution >= 4 is 11.9 Å². The molecule has 0 radical (unpaired) electrons. The van der Waals surface area contributed by atoms with Crippen molar-refractivity contribution in [3.63, 3.8) is 0 Å². The lowest BCUT2D eigenvalue weighted by atomic mass is 9.86. The van der Waals surface area contributed by atoms with Crippen molar-refractivity contribution in [2.75, 3.05) is 19.8 Å². The molecular formula is C22H27N3O4. The van der Waals surface area contributed by atoms with Crippen LogP contribution >= 0.6 is 0 Å². The van der Waals surface area contributed by atoms with E-state index in [-0.39, 0.29) is 18.4 Å². The van der Waals surface area contributed by atoms with E-state index in [9.17, 15) is 14.7 Å². The number of carboxylic acid groups (broad SMARTS) is 1.